The van der Waals surface area contributed by atoms with Gasteiger partial charge in [-0.1, -0.05) is 6.92 Å². The van der Waals surface area contributed by atoms with Gasteiger partial charge in [0, 0.05) is 6.54 Å². The Morgan fingerprint density at radius 3 is 2.90 bits per heavy atom. The number of amides is 1. The second kappa shape index (κ2) is 6.59. The van der Waals surface area contributed by atoms with Gasteiger partial charge in [-0.3, -0.25) is 4.79 Å². The van der Waals surface area contributed by atoms with E-state index in [1.165, 1.54) is 17.3 Å². The summed E-state index contributed by atoms with van der Waals surface area (Å²) < 4.78 is 1.35. The molecule has 0 saturated carbocycles. The normalized spacial score (nSPS) is 11.9. The second-order valence-corrected chi connectivity index (χ2v) is 4.31. The first kappa shape index (κ1) is 14.6. The lowest BCUT2D eigenvalue weighted by atomic mass is 10.3. The highest BCUT2D eigenvalue weighted by Gasteiger charge is 2.15. The number of nitrogens with two attached hydrogens (primary N) is 1. The molecule has 2 rings (SSSR count). The zero-order chi connectivity index (χ0) is 15.2. The molecule has 10 nitrogen and oxygen atoms in total. The van der Waals surface area contributed by atoms with Gasteiger partial charge in [0.05, 0.1) is 0 Å². The van der Waals surface area contributed by atoms with Crippen molar-refractivity contribution in [1.29, 1.82) is 0 Å². The molecule has 2 aromatic heterocycles. The van der Waals surface area contributed by atoms with Crippen molar-refractivity contribution in [2.75, 3.05) is 17.6 Å². The van der Waals surface area contributed by atoms with E-state index in [9.17, 15) is 4.79 Å². The van der Waals surface area contributed by atoms with Gasteiger partial charge in [-0.2, -0.15) is 24.7 Å². The summed E-state index contributed by atoms with van der Waals surface area (Å²) in [6.07, 6.45) is 3.66. The van der Waals surface area contributed by atoms with Gasteiger partial charge in [0.15, 0.2) is 0 Å². The topological polar surface area (TPSA) is 137 Å². The molecule has 0 bridgehead atoms. The maximum Gasteiger partial charge on any atom is 0.258 e. The minimum Gasteiger partial charge on any atom is -0.368 e. The number of rotatable bonds is 6. The molecule has 1 unspecified atom stereocenters. The lowest BCUT2D eigenvalue weighted by Gasteiger charge is -2.14. The summed E-state index contributed by atoms with van der Waals surface area (Å²) in [7, 11) is 0. The molecule has 0 aliphatic rings. The van der Waals surface area contributed by atoms with Crippen molar-refractivity contribution in [3.63, 3.8) is 0 Å². The minimum atomic E-state index is -0.498. The SMILES string of the molecule is CCCNC(=O)C(C)Nc1nc(N)nc(-n2cncn2)n1. The molecule has 0 aliphatic heterocycles. The average Bonchev–Trinajstić information content (AvgIpc) is 2.98. The van der Waals surface area contributed by atoms with Crippen LogP contribution in [0.2, 0.25) is 0 Å². The fraction of sp³-hybridized carbons (Fsp3) is 0.455. The largest absolute Gasteiger partial charge is 0.368 e. The van der Waals surface area contributed by atoms with E-state index in [4.69, 9.17) is 5.73 Å². The number of carbonyl (C=O) groups excluding carboxylic acids is 1. The monoisotopic (exact) mass is 291 g/mol. The third kappa shape index (κ3) is 3.84. The maximum atomic E-state index is 11.8. The summed E-state index contributed by atoms with van der Waals surface area (Å²) in [6, 6.07) is -0.498. The quantitative estimate of drug-likeness (QED) is 0.639. The van der Waals surface area contributed by atoms with Gasteiger partial charge in [-0.15, -0.1) is 0 Å². The van der Waals surface area contributed by atoms with Crippen LogP contribution in [-0.4, -0.2) is 48.2 Å². The second-order valence-electron chi connectivity index (χ2n) is 4.31. The molecule has 0 aromatic carbocycles. The molecule has 10 heteroatoms. The van der Waals surface area contributed by atoms with Gasteiger partial charge in [-0.25, -0.2) is 4.98 Å². The fourth-order valence-corrected chi connectivity index (χ4v) is 1.52. The number of nitrogen functional groups attached to an aromatic ring is 1. The Morgan fingerprint density at radius 1 is 1.43 bits per heavy atom. The van der Waals surface area contributed by atoms with Gasteiger partial charge >= 0.3 is 0 Å². The van der Waals surface area contributed by atoms with Crippen LogP contribution in [0.15, 0.2) is 12.7 Å². The van der Waals surface area contributed by atoms with E-state index >= 15 is 0 Å². The molecule has 21 heavy (non-hydrogen) atoms. The molecule has 0 spiro atoms. The Kier molecular flexibility index (Phi) is 4.59. The van der Waals surface area contributed by atoms with E-state index in [-0.39, 0.29) is 23.8 Å². The summed E-state index contributed by atoms with van der Waals surface area (Å²) in [5.74, 6) is 0.313. The molecule has 1 atom stereocenters. The highest BCUT2D eigenvalue weighted by atomic mass is 16.2. The van der Waals surface area contributed by atoms with Crippen molar-refractivity contribution in [3.8, 4) is 5.95 Å². The van der Waals surface area contributed by atoms with E-state index < -0.39 is 6.04 Å². The predicted octanol–water partition coefficient (Wildman–Crippen LogP) is -0.639. The predicted molar refractivity (Wildman–Crippen MR) is 75.5 cm³/mol. The molecule has 1 amide bonds. The van der Waals surface area contributed by atoms with Crippen molar-refractivity contribution in [2.45, 2.75) is 26.3 Å². The van der Waals surface area contributed by atoms with E-state index in [0.29, 0.717) is 6.54 Å². The van der Waals surface area contributed by atoms with E-state index in [1.54, 1.807) is 6.92 Å². The first-order chi connectivity index (χ1) is 10.1. The molecule has 4 N–H and O–H groups in total. The molecular weight excluding hydrogens is 274 g/mol. The molecule has 0 radical (unpaired) electrons. The molecule has 0 fully saturated rings. The van der Waals surface area contributed by atoms with Crippen LogP contribution in [0.4, 0.5) is 11.9 Å². The van der Waals surface area contributed by atoms with Gasteiger partial charge in [0.1, 0.15) is 18.7 Å². The number of carbonyl (C=O) groups is 1. The van der Waals surface area contributed by atoms with Crippen LogP contribution in [0.25, 0.3) is 5.95 Å². The van der Waals surface area contributed by atoms with Crippen molar-refractivity contribution >= 4 is 17.8 Å². The Hall–Kier alpha value is -2.78. The number of hydrogen-bond donors (Lipinski definition) is 3. The standard InChI is InChI=1S/C11H17N9O/c1-3-4-14-8(21)7(2)16-10-17-9(12)18-11(19-10)20-6-13-5-15-20/h5-7H,3-4H2,1-2H3,(H,14,21)(H3,12,16,17,18,19). The fourth-order valence-electron chi connectivity index (χ4n) is 1.52. The van der Waals surface area contributed by atoms with Crippen LogP contribution < -0.4 is 16.4 Å². The maximum absolute atomic E-state index is 11.8. The van der Waals surface area contributed by atoms with Gasteiger partial charge in [0.25, 0.3) is 5.95 Å². The van der Waals surface area contributed by atoms with Crippen LogP contribution in [0, 0.1) is 0 Å². The minimum absolute atomic E-state index is 0.0270. The first-order valence-electron chi connectivity index (χ1n) is 6.51. The summed E-state index contributed by atoms with van der Waals surface area (Å²) >= 11 is 0. The number of aromatic nitrogens is 6. The van der Waals surface area contributed by atoms with Gasteiger partial charge < -0.3 is 16.4 Å². The Balaban J connectivity index is 2.11. The van der Waals surface area contributed by atoms with E-state index in [2.05, 4.69) is 35.7 Å². The zero-order valence-electron chi connectivity index (χ0n) is 11.8. The van der Waals surface area contributed by atoms with Crippen LogP contribution in [-0.2, 0) is 4.79 Å². The summed E-state index contributed by atoms with van der Waals surface area (Å²) in [5, 5.41) is 9.57. The first-order valence-corrected chi connectivity index (χ1v) is 6.51. The lowest BCUT2D eigenvalue weighted by Crippen LogP contribution is -2.38. The van der Waals surface area contributed by atoms with Crippen LogP contribution in [0.3, 0.4) is 0 Å². The highest BCUT2D eigenvalue weighted by Crippen LogP contribution is 2.07. The van der Waals surface area contributed by atoms with Gasteiger partial charge in [-0.05, 0) is 13.3 Å². The lowest BCUT2D eigenvalue weighted by molar-refractivity contribution is -0.121. The van der Waals surface area contributed by atoms with Crippen LogP contribution in [0.1, 0.15) is 20.3 Å². The highest BCUT2D eigenvalue weighted by molar-refractivity contribution is 5.83. The molecule has 0 aliphatic carbocycles. The number of hydrogen-bond acceptors (Lipinski definition) is 8. The third-order valence-electron chi connectivity index (χ3n) is 2.55. The van der Waals surface area contributed by atoms with Crippen LogP contribution in [0.5, 0.6) is 0 Å². The smallest absolute Gasteiger partial charge is 0.258 e. The van der Waals surface area contributed by atoms with Crippen molar-refractivity contribution in [2.24, 2.45) is 0 Å². The number of nitrogens with zero attached hydrogens (tertiary/aromatic N) is 6. The van der Waals surface area contributed by atoms with E-state index in [1.807, 2.05) is 6.92 Å². The Morgan fingerprint density at radius 2 is 2.24 bits per heavy atom. The van der Waals surface area contributed by atoms with Gasteiger partial charge in [0.2, 0.25) is 17.8 Å². The molecular formula is C11H17N9O. The Labute approximate surface area is 121 Å². The van der Waals surface area contributed by atoms with Crippen molar-refractivity contribution < 1.29 is 4.79 Å². The van der Waals surface area contributed by atoms with Crippen LogP contribution >= 0.6 is 0 Å². The number of nitrogens with one attached hydrogen (secondary N) is 2. The molecule has 2 heterocycles. The molecule has 2 aromatic rings. The number of anilines is 2. The molecule has 0 saturated heterocycles. The van der Waals surface area contributed by atoms with E-state index in [0.717, 1.165) is 6.42 Å². The summed E-state index contributed by atoms with van der Waals surface area (Å²) in [4.78, 5) is 27.7. The molecule has 112 valence electrons. The summed E-state index contributed by atoms with van der Waals surface area (Å²) in [6.45, 7) is 4.31. The third-order valence-corrected chi connectivity index (χ3v) is 2.55. The van der Waals surface area contributed by atoms with Crippen molar-refractivity contribution in [1.82, 2.24) is 35.0 Å². The van der Waals surface area contributed by atoms with Crippen molar-refractivity contribution in [3.05, 3.63) is 12.7 Å². The Bertz CT molecular complexity index is 598. The average molecular weight is 291 g/mol. The summed E-state index contributed by atoms with van der Waals surface area (Å²) in [5.41, 5.74) is 5.63. The zero-order valence-corrected chi connectivity index (χ0v) is 11.8.